The number of methoxy groups -OCH3 is 1. The molecule has 1 saturated carbocycles. The molecule has 0 unspecified atom stereocenters. The predicted octanol–water partition coefficient (Wildman–Crippen LogP) is 1.28. The van der Waals surface area contributed by atoms with Crippen molar-refractivity contribution in [3.63, 3.8) is 0 Å². The number of anilines is 1. The van der Waals surface area contributed by atoms with E-state index in [4.69, 9.17) is 0 Å². The van der Waals surface area contributed by atoms with E-state index in [1.807, 2.05) is 0 Å². The number of hydrogen-bond donors (Lipinski definition) is 2. The number of nitrogens with one attached hydrogen (secondary N) is 2. The maximum Gasteiger partial charge on any atom is 0.325 e. The topological polar surface area (TPSA) is 119 Å². The Bertz CT molecular complexity index is 783. The van der Waals surface area contributed by atoms with E-state index < -0.39 is 21.7 Å². The first kappa shape index (κ1) is 20.9. The molecule has 0 atom stereocenters. The van der Waals surface area contributed by atoms with Crippen LogP contribution in [-0.2, 0) is 24.2 Å². The molecule has 148 valence electrons. The fourth-order valence-corrected chi connectivity index (χ4v) is 4.76. The molecule has 1 aromatic carbocycles. The third-order valence-corrected chi connectivity index (χ3v) is 6.74. The van der Waals surface area contributed by atoms with Gasteiger partial charge in [-0.15, -0.1) is 0 Å². The Labute approximate surface area is 158 Å². The first-order chi connectivity index (χ1) is 12.8. The second-order valence-corrected chi connectivity index (χ2v) is 8.81. The minimum absolute atomic E-state index is 0.0970. The molecule has 2 rings (SSSR count). The van der Waals surface area contributed by atoms with Crippen LogP contribution in [0, 0.1) is 0 Å². The molecule has 0 spiro atoms. The molecule has 0 saturated heterocycles. The number of amides is 2. The minimum atomic E-state index is -3.23. The Balaban J connectivity index is 1.82. The lowest BCUT2D eigenvalue weighted by Crippen LogP contribution is -2.30. The van der Waals surface area contributed by atoms with Crippen LogP contribution in [0.3, 0.4) is 0 Å². The normalized spacial score (nSPS) is 14.6. The molecule has 9 heteroatoms. The smallest absolute Gasteiger partial charge is 0.325 e. The van der Waals surface area contributed by atoms with Gasteiger partial charge in [0.25, 0.3) is 5.91 Å². The zero-order valence-corrected chi connectivity index (χ0v) is 16.0. The van der Waals surface area contributed by atoms with Gasteiger partial charge in [0, 0.05) is 17.7 Å². The van der Waals surface area contributed by atoms with E-state index in [1.54, 1.807) is 0 Å². The van der Waals surface area contributed by atoms with Gasteiger partial charge in [-0.1, -0.05) is 12.8 Å². The molecular weight excluding hydrogens is 372 g/mol. The molecule has 2 amide bonds. The molecule has 0 aromatic heterocycles. The number of benzene rings is 1. The number of sulfone groups is 1. The van der Waals surface area contributed by atoms with Gasteiger partial charge < -0.3 is 15.4 Å². The van der Waals surface area contributed by atoms with Crippen molar-refractivity contribution in [2.45, 2.75) is 37.4 Å². The number of esters is 1. The summed E-state index contributed by atoms with van der Waals surface area (Å²) in [5.41, 5.74) is 0.781. The molecule has 0 heterocycles. The summed E-state index contributed by atoms with van der Waals surface area (Å²) in [6, 6.07) is 6.07. The van der Waals surface area contributed by atoms with Gasteiger partial charge in [-0.25, -0.2) is 8.42 Å². The Kier molecular flexibility index (Phi) is 7.35. The molecule has 1 aliphatic rings. The molecular formula is C18H24N2O6S. The standard InChI is InChI=1S/C18H24N2O6S/c1-26-17(22)12-19-18(23)13-6-8-14(9-7-13)20-16(21)10-11-27(24,25)15-4-2-3-5-15/h6-9,15H,2-5,10-12H2,1H3,(H,19,23)(H,20,21). The van der Waals surface area contributed by atoms with E-state index in [0.29, 0.717) is 24.1 Å². The van der Waals surface area contributed by atoms with Crippen molar-refractivity contribution in [2.75, 3.05) is 24.7 Å². The fourth-order valence-electron chi connectivity index (χ4n) is 2.90. The van der Waals surface area contributed by atoms with Crippen molar-refractivity contribution < 1.29 is 27.5 Å². The monoisotopic (exact) mass is 396 g/mol. The van der Waals surface area contributed by atoms with Gasteiger partial charge in [0.15, 0.2) is 9.84 Å². The summed E-state index contributed by atoms with van der Waals surface area (Å²) in [6.45, 7) is -0.233. The minimum Gasteiger partial charge on any atom is -0.468 e. The zero-order chi connectivity index (χ0) is 19.9. The van der Waals surface area contributed by atoms with Crippen molar-refractivity contribution in [1.29, 1.82) is 0 Å². The van der Waals surface area contributed by atoms with E-state index in [2.05, 4.69) is 15.4 Å². The number of carbonyl (C=O) groups is 3. The van der Waals surface area contributed by atoms with Crippen molar-refractivity contribution in [3.8, 4) is 0 Å². The average molecular weight is 396 g/mol. The summed E-state index contributed by atoms with van der Waals surface area (Å²) in [7, 11) is -2.01. The summed E-state index contributed by atoms with van der Waals surface area (Å²) in [5.74, 6) is -1.54. The molecule has 2 N–H and O–H groups in total. The summed E-state index contributed by atoms with van der Waals surface area (Å²) >= 11 is 0. The molecule has 1 aromatic rings. The van der Waals surface area contributed by atoms with Crippen LogP contribution in [0.2, 0.25) is 0 Å². The third kappa shape index (κ3) is 6.35. The van der Waals surface area contributed by atoms with Gasteiger partial charge in [-0.2, -0.15) is 0 Å². The summed E-state index contributed by atoms with van der Waals surface area (Å²) in [6.07, 6.45) is 3.12. The van der Waals surface area contributed by atoms with E-state index in [-0.39, 0.29) is 29.9 Å². The van der Waals surface area contributed by atoms with Crippen molar-refractivity contribution in [2.24, 2.45) is 0 Å². The van der Waals surface area contributed by atoms with Gasteiger partial charge in [0.05, 0.1) is 18.1 Å². The van der Waals surface area contributed by atoms with E-state index in [1.165, 1.54) is 31.4 Å². The van der Waals surface area contributed by atoms with Crippen LogP contribution >= 0.6 is 0 Å². The number of rotatable bonds is 8. The average Bonchev–Trinajstić information content (AvgIpc) is 3.20. The molecule has 0 bridgehead atoms. The number of ether oxygens (including phenoxy) is 1. The predicted molar refractivity (Wildman–Crippen MR) is 100 cm³/mol. The lowest BCUT2D eigenvalue weighted by Gasteiger charge is -2.11. The zero-order valence-electron chi connectivity index (χ0n) is 15.2. The van der Waals surface area contributed by atoms with Gasteiger partial charge in [0.2, 0.25) is 5.91 Å². The quantitative estimate of drug-likeness (QED) is 0.639. The van der Waals surface area contributed by atoms with Gasteiger partial charge >= 0.3 is 5.97 Å². The Hall–Kier alpha value is -2.42. The van der Waals surface area contributed by atoms with Crippen LogP contribution in [-0.4, -0.2) is 50.9 Å². The highest BCUT2D eigenvalue weighted by atomic mass is 32.2. The molecule has 27 heavy (non-hydrogen) atoms. The third-order valence-electron chi connectivity index (χ3n) is 4.48. The number of hydrogen-bond acceptors (Lipinski definition) is 6. The van der Waals surface area contributed by atoms with Crippen LogP contribution in [0.5, 0.6) is 0 Å². The van der Waals surface area contributed by atoms with Crippen molar-refractivity contribution in [3.05, 3.63) is 29.8 Å². The van der Waals surface area contributed by atoms with E-state index >= 15 is 0 Å². The van der Waals surface area contributed by atoms with Crippen LogP contribution in [0.4, 0.5) is 5.69 Å². The van der Waals surface area contributed by atoms with Crippen molar-refractivity contribution >= 4 is 33.3 Å². The largest absolute Gasteiger partial charge is 0.468 e. The van der Waals surface area contributed by atoms with Gasteiger partial charge in [0.1, 0.15) is 6.54 Å². The Morgan fingerprint density at radius 2 is 1.74 bits per heavy atom. The highest BCUT2D eigenvalue weighted by Crippen LogP contribution is 2.25. The van der Waals surface area contributed by atoms with E-state index in [0.717, 1.165) is 12.8 Å². The molecule has 0 radical (unpaired) electrons. The van der Waals surface area contributed by atoms with Crippen LogP contribution in [0.1, 0.15) is 42.5 Å². The van der Waals surface area contributed by atoms with Crippen LogP contribution in [0.25, 0.3) is 0 Å². The molecule has 1 aliphatic carbocycles. The van der Waals surface area contributed by atoms with Gasteiger partial charge in [-0.05, 0) is 37.1 Å². The van der Waals surface area contributed by atoms with Gasteiger partial charge in [-0.3, -0.25) is 14.4 Å². The van der Waals surface area contributed by atoms with Crippen molar-refractivity contribution in [1.82, 2.24) is 5.32 Å². The number of carbonyl (C=O) groups excluding carboxylic acids is 3. The highest BCUT2D eigenvalue weighted by molar-refractivity contribution is 7.92. The Morgan fingerprint density at radius 3 is 2.33 bits per heavy atom. The fraction of sp³-hybridized carbons (Fsp3) is 0.500. The molecule has 0 aliphatic heterocycles. The molecule has 1 fully saturated rings. The maximum atomic E-state index is 12.2. The second kappa shape index (κ2) is 9.50. The summed E-state index contributed by atoms with van der Waals surface area (Å²) in [5, 5.41) is 4.72. The lowest BCUT2D eigenvalue weighted by molar-refractivity contribution is -0.139. The molecule has 8 nitrogen and oxygen atoms in total. The highest BCUT2D eigenvalue weighted by Gasteiger charge is 2.28. The van der Waals surface area contributed by atoms with E-state index in [9.17, 15) is 22.8 Å². The second-order valence-electron chi connectivity index (χ2n) is 6.41. The first-order valence-electron chi connectivity index (χ1n) is 8.78. The Morgan fingerprint density at radius 1 is 1.11 bits per heavy atom. The van der Waals surface area contributed by atoms with Crippen LogP contribution in [0.15, 0.2) is 24.3 Å². The SMILES string of the molecule is COC(=O)CNC(=O)c1ccc(NC(=O)CCS(=O)(=O)C2CCCC2)cc1. The lowest BCUT2D eigenvalue weighted by atomic mass is 10.2. The first-order valence-corrected chi connectivity index (χ1v) is 10.5. The summed E-state index contributed by atoms with van der Waals surface area (Å²) < 4.78 is 28.8. The maximum absolute atomic E-state index is 12.2. The van der Waals surface area contributed by atoms with Crippen LogP contribution < -0.4 is 10.6 Å². The summed E-state index contributed by atoms with van der Waals surface area (Å²) in [4.78, 5) is 34.9.